The molecule has 45 heavy (non-hydrogen) atoms. The second kappa shape index (κ2) is 14.4. The summed E-state index contributed by atoms with van der Waals surface area (Å²) < 4.78 is -0.459. The summed E-state index contributed by atoms with van der Waals surface area (Å²) >= 11 is -5.36. The molecule has 0 bridgehead atoms. The van der Waals surface area contributed by atoms with Crippen molar-refractivity contribution in [3.8, 4) is 0 Å². The van der Waals surface area contributed by atoms with Crippen LogP contribution in [0.1, 0.15) is 134 Å². The summed E-state index contributed by atoms with van der Waals surface area (Å²) in [6, 6.07) is 0. The Morgan fingerprint density at radius 3 is 0.578 bits per heavy atom. The van der Waals surface area contributed by atoms with Crippen molar-refractivity contribution in [3.63, 3.8) is 0 Å². The third-order valence-electron chi connectivity index (χ3n) is 13.8. The van der Waals surface area contributed by atoms with E-state index in [0.29, 0.717) is 23.7 Å². The molecule has 0 spiro atoms. The number of hydrogen-bond donors (Lipinski definition) is 0. The maximum absolute atomic E-state index is 15.9. The number of carbonyl (C=O) groups excluding carboxylic acids is 4. The van der Waals surface area contributed by atoms with Gasteiger partial charge in [-0.05, 0) is 0 Å². The Kier molecular flexibility index (Phi) is 11.8. The van der Waals surface area contributed by atoms with Crippen molar-refractivity contribution in [3.05, 3.63) is 0 Å². The third-order valence-corrected chi connectivity index (χ3v) is 22.8. The zero-order valence-electron chi connectivity index (χ0n) is 31.0. The molecule has 0 N–H and O–H groups in total. The van der Waals surface area contributed by atoms with Gasteiger partial charge in [-0.25, -0.2) is 0 Å². The summed E-state index contributed by atoms with van der Waals surface area (Å²) in [7, 11) is 0. The predicted molar refractivity (Wildman–Crippen MR) is 187 cm³/mol. The summed E-state index contributed by atoms with van der Waals surface area (Å²) in [6.07, 6.45) is 7.37. The van der Waals surface area contributed by atoms with Gasteiger partial charge in [-0.1, -0.05) is 0 Å². The first-order chi connectivity index (χ1) is 20.9. The number of carbonyl (C=O) groups is 4. The van der Waals surface area contributed by atoms with E-state index in [9.17, 15) is 0 Å². The van der Waals surface area contributed by atoms with Crippen molar-refractivity contribution in [2.75, 3.05) is 0 Å². The monoisotopic (exact) mass is 686 g/mol. The van der Waals surface area contributed by atoms with Crippen LogP contribution in [0.4, 0.5) is 0 Å². The summed E-state index contributed by atoms with van der Waals surface area (Å²) in [5.74, 6) is 1.19. The minimum absolute atomic E-state index is 0.0818. The molecule has 0 heterocycles. The molecule has 4 rings (SSSR count). The Labute approximate surface area is 279 Å². The molecule has 0 aromatic rings. The van der Waals surface area contributed by atoms with E-state index in [1.54, 1.807) is 0 Å². The van der Waals surface area contributed by atoms with Gasteiger partial charge in [-0.3, -0.25) is 0 Å². The van der Waals surface area contributed by atoms with E-state index < -0.39 is 13.3 Å². The van der Waals surface area contributed by atoms with Gasteiger partial charge in [0.25, 0.3) is 0 Å². The zero-order chi connectivity index (χ0) is 33.7. The molecule has 0 radical (unpaired) electrons. The molecule has 0 aromatic heterocycles. The van der Waals surface area contributed by atoms with E-state index >= 15 is 19.2 Å². The van der Waals surface area contributed by atoms with Crippen molar-refractivity contribution in [1.82, 2.24) is 0 Å². The Morgan fingerprint density at radius 1 is 0.311 bits per heavy atom. The first kappa shape index (κ1) is 37.0. The summed E-state index contributed by atoms with van der Waals surface area (Å²) in [4.78, 5) is 63.4. The van der Waals surface area contributed by atoms with Crippen LogP contribution in [0.3, 0.4) is 0 Å². The van der Waals surface area contributed by atoms with Crippen molar-refractivity contribution in [1.29, 1.82) is 0 Å². The topological polar surface area (TPSA) is 68.3 Å². The van der Waals surface area contributed by atoms with Crippen LogP contribution in [-0.4, -0.2) is 31.7 Å². The van der Waals surface area contributed by atoms with Gasteiger partial charge in [-0.2, -0.15) is 0 Å². The molecule has 5 heteroatoms. The van der Waals surface area contributed by atoms with E-state index in [2.05, 4.69) is 83.1 Å². The second-order valence-corrected chi connectivity index (χ2v) is 25.7. The van der Waals surface area contributed by atoms with E-state index in [0.717, 1.165) is 51.4 Å². The average molecular weight is 686 g/mol. The van der Waals surface area contributed by atoms with E-state index in [-0.39, 0.29) is 89.5 Å². The molecule has 4 aliphatic carbocycles. The van der Waals surface area contributed by atoms with Crippen LogP contribution in [0.5, 0.6) is 0 Å². The van der Waals surface area contributed by atoms with Gasteiger partial charge in [-0.15, -0.1) is 0 Å². The molecule has 0 aliphatic heterocycles. The molecule has 4 fully saturated rings. The molecular weight excluding hydrogens is 617 g/mol. The normalized spacial score (nSPS) is 47.4. The van der Waals surface area contributed by atoms with Gasteiger partial charge >= 0.3 is 280 Å². The van der Waals surface area contributed by atoms with Crippen LogP contribution < -0.4 is 0 Å². The standard InChI is InChI=1S/C40H68GeO4/c1-21-13-25(5)33(26(6)14-21)37(42)41(38(43)34-27(7)15-22(2)16-28(34)8,39(44)35-29(9)17-23(3)18-30(35)10)40(45)36-31(11)19-24(4)20-32(36)12/h21-36H,13-20H2,1-12H3. The molecule has 8 atom stereocenters. The molecule has 0 aromatic carbocycles. The Hall–Kier alpha value is -0.777. The van der Waals surface area contributed by atoms with Crippen molar-refractivity contribution < 1.29 is 19.2 Å². The molecule has 4 nitrogen and oxygen atoms in total. The van der Waals surface area contributed by atoms with Gasteiger partial charge in [0, 0.05) is 0 Å². The van der Waals surface area contributed by atoms with Crippen LogP contribution in [0.2, 0.25) is 0 Å². The minimum atomic E-state index is -5.36. The fourth-order valence-corrected chi connectivity index (χ4v) is 24.7. The first-order valence-electron chi connectivity index (χ1n) is 19.1. The Balaban J connectivity index is 2.00. The van der Waals surface area contributed by atoms with Crippen molar-refractivity contribution >= 4 is 31.7 Å². The SMILES string of the molecule is CC1CC(C)C([C](=O)[Ge]([C](=O)C2C(C)CC(C)CC2C)([C](=O)C2C(C)CC(C)CC2C)[C](=O)C2C(C)CC(C)CC2C)C(C)C1. The molecule has 4 saturated carbocycles. The summed E-state index contributed by atoms with van der Waals surface area (Å²) in [5, 5.41) is 0. The molecular formula is C40H68GeO4. The molecule has 0 amide bonds. The van der Waals surface area contributed by atoms with Gasteiger partial charge < -0.3 is 0 Å². The van der Waals surface area contributed by atoms with Crippen LogP contribution in [0, 0.1) is 94.7 Å². The third kappa shape index (κ3) is 6.89. The Bertz CT molecular complexity index is 892. The van der Waals surface area contributed by atoms with Gasteiger partial charge in [0.15, 0.2) is 0 Å². The maximum atomic E-state index is 15.9. The van der Waals surface area contributed by atoms with Crippen molar-refractivity contribution in [2.45, 2.75) is 134 Å². The van der Waals surface area contributed by atoms with Crippen LogP contribution in [0.15, 0.2) is 0 Å². The fraction of sp³-hybridized carbons (Fsp3) is 0.900. The van der Waals surface area contributed by atoms with E-state index in [1.165, 1.54) is 0 Å². The summed E-state index contributed by atoms with van der Waals surface area (Å²) in [6.45, 7) is 26.3. The first-order valence-corrected chi connectivity index (χ1v) is 23.3. The quantitative estimate of drug-likeness (QED) is 0.239. The fourth-order valence-electron chi connectivity index (χ4n) is 12.7. The Morgan fingerprint density at radius 2 is 0.444 bits per heavy atom. The van der Waals surface area contributed by atoms with Crippen molar-refractivity contribution in [2.24, 2.45) is 94.7 Å². The summed E-state index contributed by atoms with van der Waals surface area (Å²) in [5.41, 5.74) is 0. The molecule has 4 aliphatic rings. The van der Waals surface area contributed by atoms with Crippen LogP contribution in [0.25, 0.3) is 0 Å². The van der Waals surface area contributed by atoms with Crippen LogP contribution in [-0.2, 0) is 19.2 Å². The van der Waals surface area contributed by atoms with Gasteiger partial charge in [0.05, 0.1) is 0 Å². The van der Waals surface area contributed by atoms with Gasteiger partial charge in [0.1, 0.15) is 0 Å². The van der Waals surface area contributed by atoms with E-state index in [4.69, 9.17) is 0 Å². The van der Waals surface area contributed by atoms with E-state index in [1.807, 2.05) is 0 Å². The molecule has 8 unspecified atom stereocenters. The van der Waals surface area contributed by atoms with Gasteiger partial charge in [0.2, 0.25) is 0 Å². The molecule has 256 valence electrons. The second-order valence-electron chi connectivity index (χ2n) is 18.4. The number of rotatable bonds is 8. The van der Waals surface area contributed by atoms with Crippen LogP contribution >= 0.6 is 0 Å². The predicted octanol–water partition coefficient (Wildman–Crippen LogP) is 9.14. The molecule has 0 saturated heterocycles. The zero-order valence-corrected chi connectivity index (χ0v) is 33.1. The average Bonchev–Trinajstić information content (AvgIpc) is 2.86. The number of hydrogen-bond acceptors (Lipinski definition) is 4.